The summed E-state index contributed by atoms with van der Waals surface area (Å²) in [6.45, 7) is 8.45. The van der Waals surface area contributed by atoms with E-state index in [0.29, 0.717) is 11.8 Å². The maximum Gasteiger partial charge on any atom is 0.177 e. The van der Waals surface area contributed by atoms with Crippen LogP contribution in [0.1, 0.15) is 75.5 Å². The molecule has 5 rings (SSSR count). The number of piperidine rings is 1. The Hall–Kier alpha value is -2.57. The predicted molar refractivity (Wildman–Crippen MR) is 108 cm³/mol. The lowest BCUT2D eigenvalue weighted by molar-refractivity contribution is 0.469. The highest BCUT2D eigenvalue weighted by Gasteiger charge is 2.28. The molecule has 28 heavy (non-hydrogen) atoms. The SMILES string of the molecule is CC(C)(C)c1ccc2nnc(C3CCN(c4ccc(C5CC5)nn4)CC3)n2n1. The minimum Gasteiger partial charge on any atom is -0.355 e. The average molecular weight is 377 g/mol. The lowest BCUT2D eigenvalue weighted by Crippen LogP contribution is -2.34. The van der Waals surface area contributed by atoms with Crippen molar-refractivity contribution >= 4 is 11.5 Å². The normalized spacial score (nSPS) is 18.8. The first-order chi connectivity index (χ1) is 13.5. The van der Waals surface area contributed by atoms with Crippen LogP contribution >= 0.6 is 0 Å². The molecular weight excluding hydrogens is 350 g/mol. The van der Waals surface area contributed by atoms with E-state index in [4.69, 9.17) is 5.10 Å². The number of hydrogen-bond donors (Lipinski definition) is 0. The van der Waals surface area contributed by atoms with E-state index in [2.05, 4.69) is 64.3 Å². The van der Waals surface area contributed by atoms with Gasteiger partial charge in [0.25, 0.3) is 0 Å². The van der Waals surface area contributed by atoms with Crippen LogP contribution in [0.2, 0.25) is 0 Å². The molecule has 0 amide bonds. The van der Waals surface area contributed by atoms with Crippen LogP contribution in [0.5, 0.6) is 0 Å². The number of anilines is 1. The Bertz CT molecular complexity index is 974. The van der Waals surface area contributed by atoms with E-state index in [1.165, 1.54) is 12.8 Å². The molecule has 146 valence electrons. The molecule has 0 radical (unpaired) electrons. The first kappa shape index (κ1) is 17.5. The molecule has 0 unspecified atom stereocenters. The second kappa shape index (κ2) is 6.50. The van der Waals surface area contributed by atoms with E-state index in [9.17, 15) is 0 Å². The van der Waals surface area contributed by atoms with Crippen LogP contribution in [-0.2, 0) is 5.41 Å². The molecule has 7 nitrogen and oxygen atoms in total. The van der Waals surface area contributed by atoms with E-state index in [0.717, 1.165) is 54.6 Å². The van der Waals surface area contributed by atoms with Crippen molar-refractivity contribution in [2.75, 3.05) is 18.0 Å². The fraction of sp³-hybridized carbons (Fsp3) is 0.571. The van der Waals surface area contributed by atoms with Gasteiger partial charge in [0, 0.05) is 30.3 Å². The summed E-state index contributed by atoms with van der Waals surface area (Å²) in [4.78, 5) is 2.33. The minimum atomic E-state index is 0.00436. The topological polar surface area (TPSA) is 72.1 Å². The highest BCUT2D eigenvalue weighted by molar-refractivity contribution is 5.40. The van der Waals surface area contributed by atoms with Crippen LogP contribution in [0.4, 0.5) is 5.82 Å². The van der Waals surface area contributed by atoms with Gasteiger partial charge in [-0.3, -0.25) is 0 Å². The van der Waals surface area contributed by atoms with E-state index in [1.807, 2.05) is 10.6 Å². The molecule has 0 spiro atoms. The second-order valence-corrected chi connectivity index (χ2v) is 9.15. The summed E-state index contributed by atoms with van der Waals surface area (Å²) in [6.07, 6.45) is 4.57. The van der Waals surface area contributed by atoms with Crippen LogP contribution in [0, 0.1) is 0 Å². The maximum atomic E-state index is 4.85. The van der Waals surface area contributed by atoms with Crippen LogP contribution < -0.4 is 4.90 Å². The van der Waals surface area contributed by atoms with Gasteiger partial charge >= 0.3 is 0 Å². The Labute approximate surface area is 165 Å². The summed E-state index contributed by atoms with van der Waals surface area (Å²) in [6, 6.07) is 8.36. The zero-order chi connectivity index (χ0) is 19.3. The number of hydrogen-bond acceptors (Lipinski definition) is 6. The molecule has 7 heteroatoms. The average Bonchev–Trinajstić information content (AvgIpc) is 3.46. The zero-order valence-electron chi connectivity index (χ0n) is 16.8. The van der Waals surface area contributed by atoms with Crippen molar-refractivity contribution in [3.8, 4) is 0 Å². The quantitative estimate of drug-likeness (QED) is 0.696. The lowest BCUT2D eigenvalue weighted by Gasteiger charge is -2.31. The molecule has 0 bridgehead atoms. The highest BCUT2D eigenvalue weighted by atomic mass is 15.4. The summed E-state index contributed by atoms with van der Waals surface area (Å²) in [5, 5.41) is 22.6. The summed E-state index contributed by atoms with van der Waals surface area (Å²) in [5.74, 6) is 2.99. The molecule has 3 aromatic heterocycles. The molecule has 1 aliphatic carbocycles. The monoisotopic (exact) mass is 377 g/mol. The van der Waals surface area contributed by atoms with Crippen molar-refractivity contribution in [2.45, 2.75) is 63.7 Å². The molecule has 4 heterocycles. The van der Waals surface area contributed by atoms with Gasteiger partial charge in [-0.15, -0.1) is 15.3 Å². The predicted octanol–water partition coefficient (Wildman–Crippen LogP) is 3.47. The maximum absolute atomic E-state index is 4.85. The Morgan fingerprint density at radius 2 is 1.61 bits per heavy atom. The second-order valence-electron chi connectivity index (χ2n) is 9.15. The van der Waals surface area contributed by atoms with Gasteiger partial charge in [-0.1, -0.05) is 20.8 Å². The Morgan fingerprint density at radius 1 is 0.821 bits per heavy atom. The first-order valence-electron chi connectivity index (χ1n) is 10.3. The Balaban J connectivity index is 1.32. The van der Waals surface area contributed by atoms with Gasteiger partial charge in [-0.05, 0) is 49.9 Å². The fourth-order valence-electron chi connectivity index (χ4n) is 3.93. The van der Waals surface area contributed by atoms with Crippen molar-refractivity contribution in [1.29, 1.82) is 0 Å². The molecule has 0 N–H and O–H groups in total. The summed E-state index contributed by atoms with van der Waals surface area (Å²) in [5.41, 5.74) is 3.04. The third-order valence-electron chi connectivity index (χ3n) is 5.91. The van der Waals surface area contributed by atoms with Gasteiger partial charge in [-0.25, -0.2) is 0 Å². The van der Waals surface area contributed by atoms with Gasteiger partial charge < -0.3 is 4.90 Å². The van der Waals surface area contributed by atoms with Crippen LogP contribution in [0.15, 0.2) is 24.3 Å². The van der Waals surface area contributed by atoms with Crippen molar-refractivity contribution in [3.63, 3.8) is 0 Å². The van der Waals surface area contributed by atoms with E-state index < -0.39 is 0 Å². The molecule has 2 fully saturated rings. The lowest BCUT2D eigenvalue weighted by atomic mass is 9.92. The summed E-state index contributed by atoms with van der Waals surface area (Å²) >= 11 is 0. The minimum absolute atomic E-state index is 0.00436. The van der Waals surface area contributed by atoms with E-state index >= 15 is 0 Å². The van der Waals surface area contributed by atoms with Gasteiger partial charge in [-0.2, -0.15) is 14.7 Å². The molecule has 2 aliphatic rings. The van der Waals surface area contributed by atoms with Crippen LogP contribution in [0.25, 0.3) is 5.65 Å². The van der Waals surface area contributed by atoms with Gasteiger partial charge in [0.15, 0.2) is 17.3 Å². The first-order valence-corrected chi connectivity index (χ1v) is 10.3. The van der Waals surface area contributed by atoms with Crippen molar-refractivity contribution in [3.05, 3.63) is 41.5 Å². The fourth-order valence-corrected chi connectivity index (χ4v) is 3.93. The molecule has 1 aliphatic heterocycles. The molecule has 1 saturated heterocycles. The molecule has 1 saturated carbocycles. The highest BCUT2D eigenvalue weighted by Crippen LogP contribution is 2.39. The number of fused-ring (bicyclic) bond motifs is 1. The molecular formula is C21H27N7. The largest absolute Gasteiger partial charge is 0.355 e. The summed E-state index contributed by atoms with van der Waals surface area (Å²) < 4.78 is 1.95. The third-order valence-corrected chi connectivity index (χ3v) is 5.91. The van der Waals surface area contributed by atoms with Gasteiger partial charge in [0.1, 0.15) is 0 Å². The summed E-state index contributed by atoms with van der Waals surface area (Å²) in [7, 11) is 0. The van der Waals surface area contributed by atoms with Crippen LogP contribution in [0.3, 0.4) is 0 Å². The number of aromatic nitrogens is 6. The zero-order valence-corrected chi connectivity index (χ0v) is 16.8. The number of rotatable bonds is 3. The van der Waals surface area contributed by atoms with Crippen molar-refractivity contribution in [2.24, 2.45) is 0 Å². The van der Waals surface area contributed by atoms with Gasteiger partial charge in [0.05, 0.1) is 11.4 Å². The Morgan fingerprint density at radius 3 is 2.25 bits per heavy atom. The third kappa shape index (κ3) is 3.23. The standard InChI is InChI=1S/C21H27N7/c1-21(2,3)17-7-9-19-24-25-20(28(19)26-17)15-10-12-27(13-11-15)18-8-6-16(22-23-18)14-4-5-14/h6-9,14-15H,4-5,10-13H2,1-3H3. The van der Waals surface area contributed by atoms with Gasteiger partial charge in [0.2, 0.25) is 0 Å². The van der Waals surface area contributed by atoms with E-state index in [-0.39, 0.29) is 5.41 Å². The Kier molecular flexibility index (Phi) is 4.07. The smallest absolute Gasteiger partial charge is 0.177 e. The number of nitrogens with zero attached hydrogens (tertiary/aromatic N) is 7. The molecule has 0 atom stereocenters. The van der Waals surface area contributed by atoms with Crippen molar-refractivity contribution in [1.82, 2.24) is 30.0 Å². The van der Waals surface area contributed by atoms with Crippen LogP contribution in [-0.4, -0.2) is 43.1 Å². The van der Waals surface area contributed by atoms with E-state index in [1.54, 1.807) is 0 Å². The molecule has 0 aromatic carbocycles. The van der Waals surface area contributed by atoms with Crippen molar-refractivity contribution < 1.29 is 0 Å². The molecule has 3 aromatic rings.